The first-order valence-corrected chi connectivity index (χ1v) is 6.48. The first-order chi connectivity index (χ1) is 8.65. The number of anilines is 1. The minimum atomic E-state index is -0.354. The monoisotopic (exact) mass is 265 g/mol. The van der Waals surface area contributed by atoms with E-state index in [2.05, 4.69) is 4.98 Å². The van der Waals surface area contributed by atoms with Gasteiger partial charge in [-0.25, -0.2) is 4.98 Å². The van der Waals surface area contributed by atoms with Crippen molar-refractivity contribution >= 4 is 17.4 Å². The highest BCUT2D eigenvalue weighted by atomic mass is 35.5. The molecule has 2 unspecified atom stereocenters. The van der Waals surface area contributed by atoms with Crippen molar-refractivity contribution in [3.05, 3.63) is 22.8 Å². The summed E-state index contributed by atoms with van der Waals surface area (Å²) in [6, 6.07) is 3.66. The van der Waals surface area contributed by atoms with Gasteiger partial charge in [0.2, 0.25) is 0 Å². The Morgan fingerprint density at radius 2 is 2.22 bits per heavy atom. The van der Waals surface area contributed by atoms with Crippen LogP contribution >= 0.6 is 11.6 Å². The molecule has 5 heteroatoms. The largest absolute Gasteiger partial charge is 0.391 e. The van der Waals surface area contributed by atoms with Crippen molar-refractivity contribution < 1.29 is 5.11 Å². The zero-order chi connectivity index (χ0) is 13.1. The van der Waals surface area contributed by atoms with Crippen molar-refractivity contribution in [1.29, 1.82) is 5.26 Å². The fraction of sp³-hybridized carbons (Fsp3) is 0.538. The number of halogens is 1. The van der Waals surface area contributed by atoms with E-state index in [-0.39, 0.29) is 12.1 Å². The van der Waals surface area contributed by atoms with Gasteiger partial charge >= 0.3 is 0 Å². The van der Waals surface area contributed by atoms with Gasteiger partial charge in [0.25, 0.3) is 0 Å². The zero-order valence-electron chi connectivity index (χ0n) is 10.3. The topological polar surface area (TPSA) is 60.2 Å². The predicted octanol–water partition coefficient (Wildman–Crippen LogP) is 2.35. The Bertz CT molecular complexity index is 472. The summed E-state index contributed by atoms with van der Waals surface area (Å²) in [5.41, 5.74) is 0.416. The number of aliphatic hydroxyl groups excluding tert-OH is 1. The van der Waals surface area contributed by atoms with Crippen LogP contribution in [0.4, 0.5) is 5.82 Å². The molecule has 1 aliphatic rings. The molecule has 4 nitrogen and oxygen atoms in total. The highest BCUT2D eigenvalue weighted by Crippen LogP contribution is 2.31. The Hall–Kier alpha value is -1.31. The molecule has 1 heterocycles. The van der Waals surface area contributed by atoms with Crippen molar-refractivity contribution in [2.45, 2.75) is 37.8 Å². The van der Waals surface area contributed by atoms with Gasteiger partial charge in [-0.1, -0.05) is 24.4 Å². The lowest BCUT2D eigenvalue weighted by atomic mass is 9.91. The molecule has 0 aliphatic heterocycles. The number of likely N-dealkylation sites (N-methyl/N-ethyl adjacent to an activating group) is 1. The Kier molecular flexibility index (Phi) is 4.05. The number of hydrogen-bond donors (Lipinski definition) is 1. The number of aliphatic hydroxyl groups is 1. The number of nitrogens with zero attached hydrogens (tertiary/aromatic N) is 3. The van der Waals surface area contributed by atoms with Crippen molar-refractivity contribution in [3.8, 4) is 6.07 Å². The summed E-state index contributed by atoms with van der Waals surface area (Å²) in [6.07, 6.45) is 5.11. The molecule has 2 rings (SSSR count). The molecule has 0 aromatic carbocycles. The molecule has 18 heavy (non-hydrogen) atoms. The number of aromatic nitrogens is 1. The summed E-state index contributed by atoms with van der Waals surface area (Å²) < 4.78 is 0. The lowest BCUT2D eigenvalue weighted by Gasteiger charge is -2.36. The molecule has 0 spiro atoms. The van der Waals surface area contributed by atoms with Gasteiger partial charge in [0.15, 0.2) is 0 Å². The van der Waals surface area contributed by atoms with Crippen LogP contribution in [0.2, 0.25) is 5.02 Å². The molecule has 0 amide bonds. The van der Waals surface area contributed by atoms with Gasteiger partial charge in [-0.3, -0.25) is 0 Å². The zero-order valence-corrected chi connectivity index (χ0v) is 11.1. The second-order valence-corrected chi connectivity index (χ2v) is 5.02. The van der Waals surface area contributed by atoms with E-state index >= 15 is 0 Å². The predicted molar refractivity (Wildman–Crippen MR) is 70.6 cm³/mol. The molecule has 1 aromatic heterocycles. The summed E-state index contributed by atoms with van der Waals surface area (Å²) in [4.78, 5) is 6.12. The lowest BCUT2D eigenvalue weighted by molar-refractivity contribution is 0.106. The summed E-state index contributed by atoms with van der Waals surface area (Å²) >= 11 is 6.16. The SMILES string of the molecule is CN(c1nccc(C#N)c1Cl)C1CCCCC1O. The molecule has 0 radical (unpaired) electrons. The summed E-state index contributed by atoms with van der Waals surface area (Å²) in [5, 5.41) is 19.4. The third-order valence-corrected chi connectivity index (χ3v) is 3.89. The lowest BCUT2D eigenvalue weighted by Crippen LogP contribution is -2.44. The Morgan fingerprint density at radius 1 is 1.50 bits per heavy atom. The summed E-state index contributed by atoms with van der Waals surface area (Å²) in [6.45, 7) is 0. The fourth-order valence-electron chi connectivity index (χ4n) is 2.47. The van der Waals surface area contributed by atoms with Crippen molar-refractivity contribution in [2.75, 3.05) is 11.9 Å². The average molecular weight is 266 g/mol. The van der Waals surface area contributed by atoms with Gasteiger partial charge in [0, 0.05) is 13.2 Å². The summed E-state index contributed by atoms with van der Waals surface area (Å²) in [5.74, 6) is 0.571. The maximum Gasteiger partial charge on any atom is 0.148 e. The van der Waals surface area contributed by atoms with E-state index in [1.807, 2.05) is 18.0 Å². The van der Waals surface area contributed by atoms with E-state index in [9.17, 15) is 5.11 Å². The molecule has 0 saturated heterocycles. The fourth-order valence-corrected chi connectivity index (χ4v) is 2.75. The first kappa shape index (κ1) is 13.1. The van der Waals surface area contributed by atoms with Crippen molar-refractivity contribution in [3.63, 3.8) is 0 Å². The smallest absolute Gasteiger partial charge is 0.148 e. The first-order valence-electron chi connectivity index (χ1n) is 6.10. The van der Waals surface area contributed by atoms with E-state index in [1.54, 1.807) is 12.3 Å². The molecular formula is C13H16ClN3O. The third-order valence-electron chi connectivity index (χ3n) is 3.52. The van der Waals surface area contributed by atoms with Crippen LogP contribution in [-0.2, 0) is 0 Å². The Morgan fingerprint density at radius 3 is 2.89 bits per heavy atom. The van der Waals surface area contributed by atoms with E-state index < -0.39 is 0 Å². The molecule has 1 saturated carbocycles. The maximum atomic E-state index is 10.0. The highest BCUT2D eigenvalue weighted by molar-refractivity contribution is 6.34. The normalized spacial score (nSPS) is 23.4. The van der Waals surface area contributed by atoms with Crippen LogP contribution in [0, 0.1) is 11.3 Å². The quantitative estimate of drug-likeness (QED) is 0.892. The van der Waals surface area contributed by atoms with Crippen LogP contribution in [0.15, 0.2) is 12.3 Å². The maximum absolute atomic E-state index is 10.0. The molecule has 1 aliphatic carbocycles. The average Bonchev–Trinajstić information content (AvgIpc) is 2.39. The Labute approximate surface area is 112 Å². The van der Waals surface area contributed by atoms with Crippen LogP contribution in [0.25, 0.3) is 0 Å². The molecule has 1 N–H and O–H groups in total. The van der Waals surface area contributed by atoms with Crippen molar-refractivity contribution in [1.82, 2.24) is 4.98 Å². The van der Waals surface area contributed by atoms with Gasteiger partial charge in [-0.2, -0.15) is 5.26 Å². The van der Waals surface area contributed by atoms with Gasteiger partial charge in [0.05, 0.1) is 17.7 Å². The van der Waals surface area contributed by atoms with Gasteiger partial charge in [-0.05, 0) is 18.9 Å². The van der Waals surface area contributed by atoms with Crippen LogP contribution in [0.1, 0.15) is 31.2 Å². The number of nitriles is 1. The standard InChI is InChI=1S/C13H16ClN3O/c1-17(10-4-2-3-5-11(10)18)13-12(14)9(8-15)6-7-16-13/h6-7,10-11,18H,2-5H2,1H3. The second-order valence-electron chi connectivity index (χ2n) is 4.64. The van der Waals surface area contributed by atoms with Crippen LogP contribution in [-0.4, -0.2) is 29.3 Å². The highest BCUT2D eigenvalue weighted by Gasteiger charge is 2.28. The van der Waals surface area contributed by atoms with E-state index in [1.165, 1.54) is 0 Å². The van der Waals surface area contributed by atoms with Crippen molar-refractivity contribution in [2.24, 2.45) is 0 Å². The molecule has 1 fully saturated rings. The number of pyridine rings is 1. The molecule has 0 bridgehead atoms. The van der Waals surface area contributed by atoms with E-state index in [0.29, 0.717) is 16.4 Å². The van der Waals surface area contributed by atoms with Crippen LogP contribution < -0.4 is 4.90 Å². The van der Waals surface area contributed by atoms with E-state index in [0.717, 1.165) is 25.7 Å². The number of rotatable bonds is 2. The second kappa shape index (κ2) is 5.55. The summed E-state index contributed by atoms with van der Waals surface area (Å²) in [7, 11) is 1.87. The van der Waals surface area contributed by atoms with Gasteiger partial charge in [-0.15, -0.1) is 0 Å². The number of hydrogen-bond acceptors (Lipinski definition) is 4. The van der Waals surface area contributed by atoms with Crippen LogP contribution in [0.3, 0.4) is 0 Å². The molecular weight excluding hydrogens is 250 g/mol. The van der Waals surface area contributed by atoms with Crippen LogP contribution in [0.5, 0.6) is 0 Å². The molecule has 1 aromatic rings. The minimum Gasteiger partial charge on any atom is -0.391 e. The minimum absolute atomic E-state index is 0.0256. The van der Waals surface area contributed by atoms with Gasteiger partial charge in [0.1, 0.15) is 16.9 Å². The van der Waals surface area contributed by atoms with Gasteiger partial charge < -0.3 is 10.0 Å². The molecule has 96 valence electrons. The van der Waals surface area contributed by atoms with E-state index in [4.69, 9.17) is 16.9 Å². The third kappa shape index (κ3) is 2.43. The Balaban J connectivity index is 2.28. The molecule has 2 atom stereocenters.